The van der Waals surface area contributed by atoms with Crippen molar-refractivity contribution < 1.29 is 9.52 Å². The lowest BCUT2D eigenvalue weighted by molar-refractivity contribution is 0.233. The van der Waals surface area contributed by atoms with Crippen molar-refractivity contribution in [2.75, 3.05) is 13.1 Å². The summed E-state index contributed by atoms with van der Waals surface area (Å²) < 4.78 is 5.33. The van der Waals surface area contributed by atoms with Gasteiger partial charge < -0.3 is 9.52 Å². The molecule has 1 aromatic heterocycles. The van der Waals surface area contributed by atoms with E-state index in [1.165, 1.54) is 0 Å². The summed E-state index contributed by atoms with van der Waals surface area (Å²) in [5.74, 6) is 6.37. The Hall–Kier alpha value is -1.68. The molecule has 1 aromatic rings. The highest BCUT2D eigenvalue weighted by Gasteiger charge is 2.06. The summed E-state index contributed by atoms with van der Waals surface area (Å²) >= 11 is 0. The molecule has 0 fully saturated rings. The lowest BCUT2D eigenvalue weighted by Crippen LogP contribution is -2.23. The van der Waals surface area contributed by atoms with Gasteiger partial charge in [-0.05, 0) is 12.1 Å². The van der Waals surface area contributed by atoms with Crippen molar-refractivity contribution in [2.45, 2.75) is 13.2 Å². The van der Waals surface area contributed by atoms with E-state index in [2.05, 4.69) is 11.8 Å². The third kappa shape index (κ3) is 3.52. The Kier molecular flexibility index (Phi) is 4.50. The monoisotopic (exact) mass is 203 g/mol. The van der Waals surface area contributed by atoms with Crippen LogP contribution in [0.5, 0.6) is 0 Å². The third-order valence-electron chi connectivity index (χ3n) is 1.88. The van der Waals surface area contributed by atoms with Crippen LogP contribution in [0.2, 0.25) is 0 Å². The number of aliphatic hydroxyl groups excluding tert-OH is 1. The summed E-state index contributed by atoms with van der Waals surface area (Å²) in [5.41, 5.74) is 0. The molecule has 3 nitrogen and oxygen atoms in total. The van der Waals surface area contributed by atoms with Gasteiger partial charge in [-0.2, -0.15) is 0 Å². The number of terminal acetylenes is 2. The van der Waals surface area contributed by atoms with E-state index in [4.69, 9.17) is 22.4 Å². The average Bonchev–Trinajstić information content (AvgIpc) is 2.66. The van der Waals surface area contributed by atoms with E-state index in [-0.39, 0.29) is 6.61 Å². The molecule has 0 aromatic carbocycles. The molecule has 1 heterocycles. The molecule has 0 aliphatic heterocycles. The molecular formula is C12H13NO2. The van der Waals surface area contributed by atoms with Gasteiger partial charge in [-0.25, -0.2) is 0 Å². The fraction of sp³-hybridized carbons (Fsp3) is 0.333. The number of aliphatic hydroxyl groups is 1. The van der Waals surface area contributed by atoms with Crippen molar-refractivity contribution in [2.24, 2.45) is 0 Å². The number of hydrogen-bond acceptors (Lipinski definition) is 3. The maximum Gasteiger partial charge on any atom is 0.129 e. The van der Waals surface area contributed by atoms with E-state index in [0.717, 1.165) is 5.76 Å². The van der Waals surface area contributed by atoms with Gasteiger partial charge in [0.2, 0.25) is 0 Å². The van der Waals surface area contributed by atoms with Crippen LogP contribution in [0.1, 0.15) is 11.5 Å². The van der Waals surface area contributed by atoms with E-state index in [0.29, 0.717) is 25.4 Å². The lowest BCUT2D eigenvalue weighted by Gasteiger charge is -2.14. The van der Waals surface area contributed by atoms with Crippen LogP contribution in [-0.2, 0) is 13.2 Å². The third-order valence-corrected chi connectivity index (χ3v) is 1.88. The molecule has 0 radical (unpaired) electrons. The van der Waals surface area contributed by atoms with Gasteiger partial charge in [-0.3, -0.25) is 4.90 Å². The topological polar surface area (TPSA) is 36.6 Å². The van der Waals surface area contributed by atoms with E-state index >= 15 is 0 Å². The number of hydrogen-bond donors (Lipinski definition) is 1. The van der Waals surface area contributed by atoms with Crippen LogP contribution in [0.25, 0.3) is 0 Å². The summed E-state index contributed by atoms with van der Waals surface area (Å²) in [6.07, 6.45) is 10.4. The summed E-state index contributed by atoms with van der Waals surface area (Å²) in [6.45, 7) is 1.44. The molecule has 0 spiro atoms. The first-order chi connectivity index (χ1) is 7.30. The molecule has 78 valence electrons. The fourth-order valence-electron chi connectivity index (χ4n) is 1.24. The Labute approximate surface area is 89.7 Å². The lowest BCUT2D eigenvalue weighted by atomic mass is 10.3. The van der Waals surface area contributed by atoms with Gasteiger partial charge in [0.05, 0.1) is 19.6 Å². The number of rotatable bonds is 5. The zero-order valence-corrected chi connectivity index (χ0v) is 8.44. The van der Waals surface area contributed by atoms with Crippen molar-refractivity contribution >= 4 is 0 Å². The molecule has 1 rings (SSSR count). The second kappa shape index (κ2) is 5.93. The zero-order chi connectivity index (χ0) is 11.1. The SMILES string of the molecule is C#CCN(CC#C)Cc1ccc(CO)o1. The van der Waals surface area contributed by atoms with Gasteiger partial charge in [0, 0.05) is 0 Å². The van der Waals surface area contributed by atoms with E-state index in [1.807, 2.05) is 11.0 Å². The highest BCUT2D eigenvalue weighted by molar-refractivity contribution is 5.07. The van der Waals surface area contributed by atoms with Crippen LogP contribution < -0.4 is 0 Å². The second-order valence-corrected chi connectivity index (χ2v) is 3.08. The summed E-state index contributed by atoms with van der Waals surface area (Å²) in [4.78, 5) is 1.90. The Morgan fingerprint density at radius 1 is 1.20 bits per heavy atom. The van der Waals surface area contributed by atoms with Crippen LogP contribution >= 0.6 is 0 Å². The summed E-state index contributed by atoms with van der Waals surface area (Å²) in [5, 5.41) is 8.82. The largest absolute Gasteiger partial charge is 0.462 e. The first kappa shape index (κ1) is 11.4. The average molecular weight is 203 g/mol. The molecule has 0 bridgehead atoms. The molecule has 0 amide bonds. The minimum absolute atomic E-state index is 0.0930. The molecular weight excluding hydrogens is 190 g/mol. The first-order valence-electron chi connectivity index (χ1n) is 4.58. The van der Waals surface area contributed by atoms with Crippen LogP contribution in [-0.4, -0.2) is 23.1 Å². The molecule has 0 aliphatic rings. The number of furan rings is 1. The predicted octanol–water partition coefficient (Wildman–Crippen LogP) is 0.840. The highest BCUT2D eigenvalue weighted by Crippen LogP contribution is 2.10. The van der Waals surface area contributed by atoms with E-state index in [1.54, 1.807) is 6.07 Å². The Morgan fingerprint density at radius 3 is 2.27 bits per heavy atom. The summed E-state index contributed by atoms with van der Waals surface area (Å²) in [6, 6.07) is 3.55. The van der Waals surface area contributed by atoms with E-state index in [9.17, 15) is 0 Å². The normalized spacial score (nSPS) is 9.87. The second-order valence-electron chi connectivity index (χ2n) is 3.08. The number of nitrogens with zero attached hydrogens (tertiary/aromatic N) is 1. The molecule has 0 aliphatic carbocycles. The quantitative estimate of drug-likeness (QED) is 0.720. The van der Waals surface area contributed by atoms with E-state index < -0.39 is 0 Å². The fourth-order valence-corrected chi connectivity index (χ4v) is 1.24. The maximum absolute atomic E-state index is 8.82. The maximum atomic E-state index is 8.82. The minimum Gasteiger partial charge on any atom is -0.462 e. The first-order valence-corrected chi connectivity index (χ1v) is 4.58. The molecule has 3 heteroatoms. The van der Waals surface area contributed by atoms with Gasteiger partial charge in [-0.15, -0.1) is 12.8 Å². The summed E-state index contributed by atoms with van der Waals surface area (Å²) in [7, 11) is 0. The molecule has 0 saturated heterocycles. The van der Waals surface area contributed by atoms with Crippen molar-refractivity contribution in [3.63, 3.8) is 0 Å². The van der Waals surface area contributed by atoms with Gasteiger partial charge >= 0.3 is 0 Å². The van der Waals surface area contributed by atoms with Crippen molar-refractivity contribution in [1.29, 1.82) is 0 Å². The molecule has 0 saturated carbocycles. The molecule has 1 N–H and O–H groups in total. The van der Waals surface area contributed by atoms with Crippen LogP contribution in [0.4, 0.5) is 0 Å². The van der Waals surface area contributed by atoms with Crippen LogP contribution in [0, 0.1) is 24.7 Å². The van der Waals surface area contributed by atoms with Crippen LogP contribution in [0.15, 0.2) is 16.5 Å². The van der Waals surface area contributed by atoms with Gasteiger partial charge in [0.25, 0.3) is 0 Å². The Balaban J connectivity index is 2.58. The van der Waals surface area contributed by atoms with Crippen LogP contribution in [0.3, 0.4) is 0 Å². The molecule has 15 heavy (non-hydrogen) atoms. The highest BCUT2D eigenvalue weighted by atomic mass is 16.4. The van der Waals surface area contributed by atoms with Crippen molar-refractivity contribution in [3.05, 3.63) is 23.7 Å². The smallest absolute Gasteiger partial charge is 0.129 e. The Morgan fingerprint density at radius 2 is 1.80 bits per heavy atom. The molecule has 0 unspecified atom stereocenters. The van der Waals surface area contributed by atoms with Gasteiger partial charge in [0.15, 0.2) is 0 Å². The van der Waals surface area contributed by atoms with Crippen molar-refractivity contribution in [1.82, 2.24) is 4.90 Å². The Bertz CT molecular complexity index is 365. The van der Waals surface area contributed by atoms with Gasteiger partial charge in [-0.1, -0.05) is 11.8 Å². The molecule has 0 atom stereocenters. The standard InChI is InChI=1S/C12H13NO2/c1-3-7-13(8-4-2)9-11-5-6-12(10-14)15-11/h1-2,5-6,14H,7-10H2. The predicted molar refractivity (Wildman–Crippen MR) is 57.6 cm³/mol. The minimum atomic E-state index is -0.0930. The van der Waals surface area contributed by atoms with Crippen molar-refractivity contribution in [3.8, 4) is 24.7 Å². The zero-order valence-electron chi connectivity index (χ0n) is 8.44. The van der Waals surface area contributed by atoms with Gasteiger partial charge in [0.1, 0.15) is 18.1 Å².